The Bertz CT molecular complexity index is 366. The third-order valence-electron chi connectivity index (χ3n) is 2.41. The van der Waals surface area contributed by atoms with Crippen molar-refractivity contribution in [3.05, 3.63) is 35.4 Å². The van der Waals surface area contributed by atoms with E-state index in [0.717, 1.165) is 11.1 Å². The van der Waals surface area contributed by atoms with E-state index < -0.39 is 0 Å². The maximum Gasteiger partial charge on any atom is 0.251 e. The van der Waals surface area contributed by atoms with E-state index in [1.165, 1.54) is 0 Å². The van der Waals surface area contributed by atoms with E-state index in [1.54, 1.807) is 0 Å². The average molecular weight is 220 g/mol. The SMILES string of the molecule is CC(C)(C)c1ccccc1C(=O)NCCN. The van der Waals surface area contributed by atoms with E-state index >= 15 is 0 Å². The van der Waals surface area contributed by atoms with Crippen molar-refractivity contribution >= 4 is 5.91 Å². The number of hydrogen-bond donors (Lipinski definition) is 2. The van der Waals surface area contributed by atoms with Crippen LogP contribution in [0.5, 0.6) is 0 Å². The summed E-state index contributed by atoms with van der Waals surface area (Å²) in [5.74, 6) is -0.0454. The molecule has 0 heterocycles. The predicted octanol–water partition coefficient (Wildman–Crippen LogP) is 1.67. The molecule has 16 heavy (non-hydrogen) atoms. The fourth-order valence-corrected chi connectivity index (χ4v) is 1.62. The fraction of sp³-hybridized carbons (Fsp3) is 0.462. The lowest BCUT2D eigenvalue weighted by molar-refractivity contribution is 0.0952. The second-order valence-corrected chi connectivity index (χ2v) is 4.84. The van der Waals surface area contributed by atoms with Gasteiger partial charge in [-0.25, -0.2) is 0 Å². The monoisotopic (exact) mass is 220 g/mol. The molecule has 0 bridgehead atoms. The molecule has 0 radical (unpaired) electrons. The highest BCUT2D eigenvalue weighted by Crippen LogP contribution is 2.25. The molecule has 3 nitrogen and oxygen atoms in total. The predicted molar refractivity (Wildman–Crippen MR) is 66.5 cm³/mol. The van der Waals surface area contributed by atoms with Crippen molar-refractivity contribution < 1.29 is 4.79 Å². The minimum Gasteiger partial charge on any atom is -0.351 e. The Morgan fingerprint density at radius 1 is 1.31 bits per heavy atom. The molecule has 0 saturated carbocycles. The van der Waals surface area contributed by atoms with Crippen molar-refractivity contribution in [2.45, 2.75) is 26.2 Å². The van der Waals surface area contributed by atoms with Crippen LogP contribution >= 0.6 is 0 Å². The molecule has 1 rings (SSSR count). The summed E-state index contributed by atoms with van der Waals surface area (Å²) in [4.78, 5) is 11.9. The summed E-state index contributed by atoms with van der Waals surface area (Å²) < 4.78 is 0. The van der Waals surface area contributed by atoms with Crippen LogP contribution in [0, 0.1) is 0 Å². The molecule has 0 unspecified atom stereocenters. The maximum absolute atomic E-state index is 11.9. The van der Waals surface area contributed by atoms with Crippen LogP contribution in [0.4, 0.5) is 0 Å². The van der Waals surface area contributed by atoms with Crippen molar-refractivity contribution in [2.75, 3.05) is 13.1 Å². The number of nitrogens with two attached hydrogens (primary N) is 1. The minimum atomic E-state index is -0.0454. The fourth-order valence-electron chi connectivity index (χ4n) is 1.62. The number of benzene rings is 1. The Labute approximate surface area is 97.0 Å². The lowest BCUT2D eigenvalue weighted by Gasteiger charge is -2.22. The van der Waals surface area contributed by atoms with Gasteiger partial charge in [0, 0.05) is 18.7 Å². The molecular weight excluding hydrogens is 200 g/mol. The molecule has 3 N–H and O–H groups in total. The smallest absolute Gasteiger partial charge is 0.251 e. The molecule has 0 aliphatic heterocycles. The van der Waals surface area contributed by atoms with Crippen molar-refractivity contribution in [3.8, 4) is 0 Å². The third-order valence-corrected chi connectivity index (χ3v) is 2.41. The van der Waals surface area contributed by atoms with E-state index in [0.29, 0.717) is 13.1 Å². The molecule has 0 aliphatic carbocycles. The summed E-state index contributed by atoms with van der Waals surface area (Å²) in [6.07, 6.45) is 0. The highest BCUT2D eigenvalue weighted by molar-refractivity contribution is 5.96. The number of nitrogens with one attached hydrogen (secondary N) is 1. The van der Waals surface area contributed by atoms with Crippen LogP contribution in [0.2, 0.25) is 0 Å². The van der Waals surface area contributed by atoms with Crippen LogP contribution < -0.4 is 11.1 Å². The van der Waals surface area contributed by atoms with Crippen molar-refractivity contribution in [1.82, 2.24) is 5.32 Å². The van der Waals surface area contributed by atoms with Crippen LogP contribution in [0.25, 0.3) is 0 Å². The van der Waals surface area contributed by atoms with E-state index in [9.17, 15) is 4.79 Å². The van der Waals surface area contributed by atoms with Gasteiger partial charge >= 0.3 is 0 Å². The highest BCUT2D eigenvalue weighted by Gasteiger charge is 2.20. The van der Waals surface area contributed by atoms with Gasteiger partial charge in [-0.05, 0) is 17.0 Å². The van der Waals surface area contributed by atoms with Gasteiger partial charge in [-0.3, -0.25) is 4.79 Å². The Kier molecular flexibility index (Phi) is 4.07. The molecule has 1 aromatic carbocycles. The zero-order chi connectivity index (χ0) is 12.2. The van der Waals surface area contributed by atoms with Gasteiger partial charge in [-0.1, -0.05) is 39.0 Å². The Morgan fingerprint density at radius 2 is 1.94 bits per heavy atom. The quantitative estimate of drug-likeness (QED) is 0.814. The Balaban J connectivity index is 3.00. The summed E-state index contributed by atoms with van der Waals surface area (Å²) in [6, 6.07) is 7.69. The first-order chi connectivity index (χ1) is 7.46. The van der Waals surface area contributed by atoms with Crippen LogP contribution in [-0.4, -0.2) is 19.0 Å². The van der Waals surface area contributed by atoms with Crippen LogP contribution in [0.15, 0.2) is 24.3 Å². The van der Waals surface area contributed by atoms with Gasteiger partial charge in [0.1, 0.15) is 0 Å². The molecule has 0 aliphatic rings. The zero-order valence-electron chi connectivity index (χ0n) is 10.2. The molecule has 1 amide bonds. The highest BCUT2D eigenvalue weighted by atomic mass is 16.1. The number of carbonyl (C=O) groups excluding carboxylic acids is 1. The molecular formula is C13H20N2O. The van der Waals surface area contributed by atoms with E-state index in [4.69, 9.17) is 5.73 Å². The molecule has 1 aromatic rings. The maximum atomic E-state index is 11.9. The van der Waals surface area contributed by atoms with E-state index in [-0.39, 0.29) is 11.3 Å². The second-order valence-electron chi connectivity index (χ2n) is 4.84. The topological polar surface area (TPSA) is 55.1 Å². The van der Waals surface area contributed by atoms with Crippen LogP contribution in [0.1, 0.15) is 36.7 Å². The Hall–Kier alpha value is -1.35. The van der Waals surface area contributed by atoms with Crippen molar-refractivity contribution in [2.24, 2.45) is 5.73 Å². The summed E-state index contributed by atoms with van der Waals surface area (Å²) in [5, 5.41) is 2.80. The largest absolute Gasteiger partial charge is 0.351 e. The molecule has 3 heteroatoms. The number of amides is 1. The molecule has 0 spiro atoms. The lowest BCUT2D eigenvalue weighted by Crippen LogP contribution is -2.31. The second kappa shape index (κ2) is 5.12. The normalized spacial score (nSPS) is 11.2. The van der Waals surface area contributed by atoms with Gasteiger partial charge in [0.25, 0.3) is 5.91 Å². The van der Waals surface area contributed by atoms with Gasteiger partial charge in [0.05, 0.1) is 0 Å². The first-order valence-electron chi connectivity index (χ1n) is 5.54. The molecule has 0 fully saturated rings. The van der Waals surface area contributed by atoms with Crippen molar-refractivity contribution in [1.29, 1.82) is 0 Å². The number of rotatable bonds is 3. The van der Waals surface area contributed by atoms with Crippen molar-refractivity contribution in [3.63, 3.8) is 0 Å². The molecule has 88 valence electrons. The molecule has 0 saturated heterocycles. The summed E-state index contributed by atoms with van der Waals surface area (Å²) in [5.41, 5.74) is 7.13. The van der Waals surface area contributed by atoms with Crippen LogP contribution in [-0.2, 0) is 5.41 Å². The number of hydrogen-bond acceptors (Lipinski definition) is 2. The summed E-state index contributed by atoms with van der Waals surface area (Å²) >= 11 is 0. The van der Waals surface area contributed by atoms with E-state index in [2.05, 4.69) is 26.1 Å². The Morgan fingerprint density at radius 3 is 2.50 bits per heavy atom. The molecule has 0 aromatic heterocycles. The average Bonchev–Trinajstić information content (AvgIpc) is 2.24. The first kappa shape index (κ1) is 12.7. The summed E-state index contributed by atoms with van der Waals surface area (Å²) in [7, 11) is 0. The lowest BCUT2D eigenvalue weighted by atomic mass is 9.83. The first-order valence-corrected chi connectivity index (χ1v) is 5.54. The number of carbonyl (C=O) groups is 1. The zero-order valence-corrected chi connectivity index (χ0v) is 10.2. The van der Waals surface area contributed by atoms with E-state index in [1.807, 2.05) is 24.3 Å². The third kappa shape index (κ3) is 3.07. The van der Waals surface area contributed by atoms with Gasteiger partial charge < -0.3 is 11.1 Å². The van der Waals surface area contributed by atoms with Gasteiger partial charge in [-0.2, -0.15) is 0 Å². The van der Waals surface area contributed by atoms with Gasteiger partial charge in [0.2, 0.25) is 0 Å². The van der Waals surface area contributed by atoms with Gasteiger partial charge in [0.15, 0.2) is 0 Å². The standard InChI is InChI=1S/C13H20N2O/c1-13(2,3)11-7-5-4-6-10(11)12(16)15-9-8-14/h4-7H,8-9,14H2,1-3H3,(H,15,16). The van der Waals surface area contributed by atoms with Gasteiger partial charge in [-0.15, -0.1) is 0 Å². The van der Waals surface area contributed by atoms with Crippen LogP contribution in [0.3, 0.4) is 0 Å². The summed E-state index contributed by atoms with van der Waals surface area (Å²) in [6.45, 7) is 7.27. The molecule has 0 atom stereocenters. The minimum absolute atomic E-state index is 0.0311.